The molecule has 1 aromatic carbocycles. The zero-order valence-electron chi connectivity index (χ0n) is 17.2. The first-order valence-corrected chi connectivity index (χ1v) is 9.57. The van der Waals surface area contributed by atoms with Gasteiger partial charge >= 0.3 is 6.09 Å². The molecule has 0 radical (unpaired) electrons. The summed E-state index contributed by atoms with van der Waals surface area (Å²) < 4.78 is 39.0. The molecule has 1 aromatic heterocycles. The van der Waals surface area contributed by atoms with Crippen LogP contribution in [0.4, 0.5) is 13.6 Å². The first kappa shape index (κ1) is 21.1. The number of aryl methyl sites for hydroxylation is 1. The van der Waals surface area contributed by atoms with Crippen molar-refractivity contribution in [2.75, 3.05) is 13.1 Å². The van der Waals surface area contributed by atoms with E-state index in [0.717, 1.165) is 0 Å². The van der Waals surface area contributed by atoms with Crippen LogP contribution in [0.1, 0.15) is 45.1 Å². The molecule has 1 aliphatic rings. The number of carbonyl (C=O) groups is 2. The maximum absolute atomic E-state index is 14.6. The molecule has 6 nitrogen and oxygen atoms in total. The van der Waals surface area contributed by atoms with Crippen LogP contribution in [0.2, 0.25) is 0 Å². The van der Waals surface area contributed by atoms with Crippen LogP contribution in [0.5, 0.6) is 0 Å². The van der Waals surface area contributed by atoms with Gasteiger partial charge in [-0.15, -0.1) is 0 Å². The molecule has 2 aromatic rings. The molecule has 0 saturated carbocycles. The van der Waals surface area contributed by atoms with E-state index < -0.39 is 35.7 Å². The second-order valence-corrected chi connectivity index (χ2v) is 8.51. The van der Waals surface area contributed by atoms with Crippen LogP contribution < -0.4 is 5.32 Å². The highest BCUT2D eigenvalue weighted by Crippen LogP contribution is 2.30. The smallest absolute Gasteiger partial charge is 0.410 e. The number of ether oxygens (including phenoxy) is 1. The molecule has 1 aliphatic heterocycles. The lowest BCUT2D eigenvalue weighted by Crippen LogP contribution is -2.57. The van der Waals surface area contributed by atoms with Crippen LogP contribution in [0, 0.1) is 18.7 Å². The lowest BCUT2D eigenvalue weighted by Gasteiger charge is -2.40. The molecule has 29 heavy (non-hydrogen) atoms. The van der Waals surface area contributed by atoms with Crippen LogP contribution >= 0.6 is 0 Å². The van der Waals surface area contributed by atoms with Crippen molar-refractivity contribution in [3.05, 3.63) is 35.3 Å². The Hall–Kier alpha value is -2.64. The number of alkyl halides is 1. The van der Waals surface area contributed by atoms with Gasteiger partial charge in [-0.05, 0) is 52.8 Å². The van der Waals surface area contributed by atoms with E-state index >= 15 is 0 Å². The molecule has 158 valence electrons. The molecule has 2 atom stereocenters. The van der Waals surface area contributed by atoms with Crippen LogP contribution in [-0.4, -0.2) is 41.8 Å². The van der Waals surface area contributed by atoms with Crippen molar-refractivity contribution in [1.82, 2.24) is 10.2 Å². The first-order valence-electron chi connectivity index (χ1n) is 9.57. The van der Waals surface area contributed by atoms with E-state index in [-0.39, 0.29) is 18.9 Å². The highest BCUT2D eigenvalue weighted by Gasteiger charge is 2.41. The average molecular weight is 408 g/mol. The van der Waals surface area contributed by atoms with E-state index in [4.69, 9.17) is 9.15 Å². The summed E-state index contributed by atoms with van der Waals surface area (Å²) in [6, 6.07) is 3.60. The van der Waals surface area contributed by atoms with Gasteiger partial charge in [0.05, 0.1) is 6.04 Å². The number of hydrogen-bond acceptors (Lipinski definition) is 4. The van der Waals surface area contributed by atoms with Gasteiger partial charge in [-0.3, -0.25) is 4.79 Å². The van der Waals surface area contributed by atoms with E-state index in [9.17, 15) is 18.4 Å². The van der Waals surface area contributed by atoms with Gasteiger partial charge in [0, 0.05) is 30.0 Å². The predicted molar refractivity (Wildman–Crippen MR) is 104 cm³/mol. The second-order valence-electron chi connectivity index (χ2n) is 8.51. The molecule has 1 saturated heterocycles. The Morgan fingerprint density at radius 1 is 1.31 bits per heavy atom. The number of carbonyl (C=O) groups excluding carboxylic acids is 2. The summed E-state index contributed by atoms with van der Waals surface area (Å²) in [5.41, 5.74) is 0.573. The molecule has 1 fully saturated rings. The molecular weight excluding hydrogens is 382 g/mol. The van der Waals surface area contributed by atoms with E-state index in [1.165, 1.54) is 23.1 Å². The number of amides is 2. The Morgan fingerprint density at radius 3 is 2.59 bits per heavy atom. The van der Waals surface area contributed by atoms with Gasteiger partial charge in [-0.25, -0.2) is 13.6 Å². The largest absolute Gasteiger partial charge is 0.459 e. The second kappa shape index (κ2) is 7.65. The lowest BCUT2D eigenvalue weighted by molar-refractivity contribution is -0.131. The Morgan fingerprint density at radius 2 is 1.97 bits per heavy atom. The standard InChI is InChI=1S/C21H26F2N2O4/c1-11-15-8-14(22)6-7-16(15)28-18(11)12(2)24-19(26)17(23)13-9-25(10-13)20(27)29-21(3,4)5/h6-8,12-13,17H,9-10H2,1-5H3,(H,24,26)/t12-,17-/m1/s1. The van der Waals surface area contributed by atoms with Crippen LogP contribution in [0.3, 0.4) is 0 Å². The van der Waals surface area contributed by atoms with Gasteiger partial charge in [-0.1, -0.05) is 0 Å². The molecule has 3 rings (SSSR count). The fourth-order valence-electron chi connectivity index (χ4n) is 3.37. The minimum atomic E-state index is -1.75. The maximum Gasteiger partial charge on any atom is 0.410 e. The summed E-state index contributed by atoms with van der Waals surface area (Å²) in [6.45, 7) is 8.96. The Kier molecular flexibility index (Phi) is 5.56. The molecular formula is C21H26F2N2O4. The topological polar surface area (TPSA) is 71.8 Å². The van der Waals surface area contributed by atoms with E-state index in [0.29, 0.717) is 22.3 Å². The number of nitrogens with zero attached hydrogens (tertiary/aromatic N) is 1. The first-order chi connectivity index (χ1) is 13.5. The van der Waals surface area contributed by atoms with Crippen molar-refractivity contribution < 1.29 is 27.5 Å². The number of benzene rings is 1. The van der Waals surface area contributed by atoms with Crippen molar-refractivity contribution in [3.63, 3.8) is 0 Å². The lowest BCUT2D eigenvalue weighted by atomic mass is 9.94. The highest BCUT2D eigenvalue weighted by molar-refractivity contribution is 5.84. The minimum Gasteiger partial charge on any atom is -0.459 e. The van der Waals surface area contributed by atoms with Gasteiger partial charge in [0.15, 0.2) is 6.17 Å². The quantitative estimate of drug-likeness (QED) is 0.821. The molecule has 1 N–H and O–H groups in total. The summed E-state index contributed by atoms with van der Waals surface area (Å²) in [7, 11) is 0. The molecule has 0 spiro atoms. The molecule has 8 heteroatoms. The number of nitrogens with one attached hydrogen (secondary N) is 1. The van der Waals surface area contributed by atoms with Crippen LogP contribution in [0.15, 0.2) is 22.6 Å². The zero-order valence-corrected chi connectivity index (χ0v) is 17.2. The summed E-state index contributed by atoms with van der Waals surface area (Å²) in [6.07, 6.45) is -2.27. The summed E-state index contributed by atoms with van der Waals surface area (Å²) in [5.74, 6) is -1.28. The van der Waals surface area contributed by atoms with E-state index in [2.05, 4.69) is 5.32 Å². The highest BCUT2D eigenvalue weighted by atomic mass is 19.1. The normalized spacial score (nSPS) is 17.0. The van der Waals surface area contributed by atoms with E-state index in [1.807, 2.05) is 0 Å². The van der Waals surface area contributed by atoms with Crippen molar-refractivity contribution in [3.8, 4) is 0 Å². The Bertz CT molecular complexity index is 929. The third-order valence-corrected chi connectivity index (χ3v) is 4.91. The summed E-state index contributed by atoms with van der Waals surface area (Å²) in [4.78, 5) is 25.6. The van der Waals surface area contributed by atoms with Gasteiger partial charge < -0.3 is 19.4 Å². The maximum atomic E-state index is 14.6. The molecule has 2 heterocycles. The van der Waals surface area contributed by atoms with E-state index in [1.54, 1.807) is 34.6 Å². The van der Waals surface area contributed by atoms with Gasteiger partial charge in [0.1, 0.15) is 22.8 Å². The number of hydrogen-bond donors (Lipinski definition) is 1. The van der Waals surface area contributed by atoms with Crippen LogP contribution in [-0.2, 0) is 9.53 Å². The Labute approximate surface area is 168 Å². The third kappa shape index (κ3) is 4.52. The monoisotopic (exact) mass is 408 g/mol. The number of furan rings is 1. The van der Waals surface area contributed by atoms with Crippen molar-refractivity contribution in [1.29, 1.82) is 0 Å². The molecule has 0 bridgehead atoms. The van der Waals surface area contributed by atoms with Gasteiger partial charge in [0.25, 0.3) is 5.91 Å². The minimum absolute atomic E-state index is 0.126. The summed E-state index contributed by atoms with van der Waals surface area (Å²) >= 11 is 0. The fourth-order valence-corrected chi connectivity index (χ4v) is 3.37. The SMILES string of the molecule is Cc1c([C@@H](C)NC(=O)[C@H](F)C2CN(C(=O)OC(C)(C)C)C2)oc2ccc(F)cc12. The fraction of sp³-hybridized carbons (Fsp3) is 0.524. The van der Waals surface area contributed by atoms with Gasteiger partial charge in [0.2, 0.25) is 0 Å². The van der Waals surface area contributed by atoms with Crippen molar-refractivity contribution in [2.45, 2.75) is 52.4 Å². The molecule has 0 unspecified atom stereocenters. The van der Waals surface area contributed by atoms with Gasteiger partial charge in [-0.2, -0.15) is 0 Å². The number of rotatable bonds is 4. The van der Waals surface area contributed by atoms with Crippen LogP contribution in [0.25, 0.3) is 11.0 Å². The number of halogens is 2. The number of likely N-dealkylation sites (tertiary alicyclic amines) is 1. The molecule has 2 amide bonds. The summed E-state index contributed by atoms with van der Waals surface area (Å²) in [5, 5.41) is 3.22. The average Bonchev–Trinajstić information content (AvgIpc) is 2.88. The van der Waals surface area contributed by atoms with Crippen molar-refractivity contribution >= 4 is 23.0 Å². The molecule has 0 aliphatic carbocycles. The van der Waals surface area contributed by atoms with Crippen molar-refractivity contribution in [2.24, 2.45) is 5.92 Å². The third-order valence-electron chi connectivity index (χ3n) is 4.91. The Balaban J connectivity index is 1.58. The number of fused-ring (bicyclic) bond motifs is 1. The predicted octanol–water partition coefficient (Wildman–Crippen LogP) is 4.26. The zero-order chi connectivity index (χ0) is 21.5.